The highest BCUT2D eigenvalue weighted by Gasteiger charge is 2.40. The summed E-state index contributed by atoms with van der Waals surface area (Å²) in [5.74, 6) is 1.05. The molecule has 0 saturated carbocycles. The summed E-state index contributed by atoms with van der Waals surface area (Å²) in [7, 11) is -1.70. The summed E-state index contributed by atoms with van der Waals surface area (Å²) in [4.78, 5) is 4.99. The summed E-state index contributed by atoms with van der Waals surface area (Å²) in [5, 5.41) is 4.23. The summed E-state index contributed by atoms with van der Waals surface area (Å²) in [5.41, 5.74) is 5.08. The maximum Gasteiger partial charge on any atom is 0.217 e. The average Bonchev–Trinajstić information content (AvgIpc) is 3.50. The van der Waals surface area contributed by atoms with Crippen molar-refractivity contribution in [2.45, 2.75) is 18.4 Å². The van der Waals surface area contributed by atoms with Gasteiger partial charge in [0.2, 0.25) is 7.28 Å². The molecule has 0 atom stereocenters. The molecule has 0 amide bonds. The lowest BCUT2D eigenvalue weighted by Crippen LogP contribution is -2.70. The van der Waals surface area contributed by atoms with Gasteiger partial charge in [-0.2, -0.15) is 12.6 Å². The van der Waals surface area contributed by atoms with Crippen molar-refractivity contribution >= 4 is 49.3 Å². The smallest absolute Gasteiger partial charge is 0.217 e. The third-order valence-corrected chi connectivity index (χ3v) is 13.3. The molecule has 6 aromatic rings. The Kier molecular flexibility index (Phi) is 8.88. The Balaban J connectivity index is 1.49. The molecule has 0 unspecified atom stereocenters. The van der Waals surface area contributed by atoms with Gasteiger partial charge in [0.1, 0.15) is 0 Å². The SMILES string of the molecule is SCCc1cccc([Si](Cn2ccnc2BC(c2ccccc2)c2ccccc2)(c2ccccc2)c2ccccc2)c1. The van der Waals surface area contributed by atoms with Crippen LogP contribution in [0.3, 0.4) is 0 Å². The van der Waals surface area contributed by atoms with Gasteiger partial charge < -0.3 is 4.57 Å². The van der Waals surface area contributed by atoms with Gasteiger partial charge in [0.05, 0.1) is 5.72 Å². The summed E-state index contributed by atoms with van der Waals surface area (Å²) < 4.78 is 2.44. The predicted molar refractivity (Wildman–Crippen MR) is 185 cm³/mol. The molecule has 1 aromatic heterocycles. The number of aromatic nitrogens is 2. The Labute approximate surface area is 256 Å². The van der Waals surface area contributed by atoms with Crippen LogP contribution in [0.2, 0.25) is 0 Å². The van der Waals surface area contributed by atoms with Crippen molar-refractivity contribution in [3.8, 4) is 0 Å². The first kappa shape index (κ1) is 28.1. The van der Waals surface area contributed by atoms with Gasteiger partial charge in [0.15, 0.2) is 8.07 Å². The van der Waals surface area contributed by atoms with Crippen molar-refractivity contribution in [2.75, 3.05) is 5.75 Å². The topological polar surface area (TPSA) is 17.8 Å². The summed E-state index contributed by atoms with van der Waals surface area (Å²) >= 11 is 4.55. The van der Waals surface area contributed by atoms with Gasteiger partial charge >= 0.3 is 0 Å². The lowest BCUT2D eigenvalue weighted by Gasteiger charge is -2.35. The Morgan fingerprint density at radius 3 is 1.71 bits per heavy atom. The van der Waals surface area contributed by atoms with Gasteiger partial charge in [-0.1, -0.05) is 146 Å². The van der Waals surface area contributed by atoms with E-state index in [2.05, 4.69) is 169 Å². The van der Waals surface area contributed by atoms with Crippen LogP contribution in [-0.4, -0.2) is 30.7 Å². The van der Waals surface area contributed by atoms with Crippen molar-refractivity contribution in [1.82, 2.24) is 9.55 Å². The number of thiol groups is 1. The number of hydrogen-bond acceptors (Lipinski definition) is 2. The van der Waals surface area contributed by atoms with E-state index in [0.717, 1.165) is 31.3 Å². The zero-order valence-corrected chi connectivity index (χ0v) is 25.7. The maximum absolute atomic E-state index is 4.99. The molecule has 0 aliphatic carbocycles. The van der Waals surface area contributed by atoms with Crippen molar-refractivity contribution < 1.29 is 0 Å². The summed E-state index contributed by atoms with van der Waals surface area (Å²) in [6.45, 7) is 0. The normalized spacial score (nSPS) is 11.5. The van der Waals surface area contributed by atoms with Gasteiger partial charge in [-0.15, -0.1) is 0 Å². The minimum Gasteiger partial charge on any atom is -0.345 e. The molecule has 0 spiro atoms. The minimum absolute atomic E-state index is 0.219. The number of aryl methyl sites for hydroxylation is 1. The largest absolute Gasteiger partial charge is 0.345 e. The fourth-order valence-electron chi connectivity index (χ4n) is 6.25. The molecule has 206 valence electrons. The number of imidazole rings is 1. The van der Waals surface area contributed by atoms with Crippen LogP contribution in [0.15, 0.2) is 158 Å². The van der Waals surface area contributed by atoms with Crippen LogP contribution < -0.4 is 21.3 Å². The Morgan fingerprint density at radius 1 is 0.643 bits per heavy atom. The number of hydrogen-bond donors (Lipinski definition) is 1. The minimum atomic E-state index is -2.53. The molecular weight excluding hydrogens is 543 g/mol. The maximum atomic E-state index is 4.99. The Morgan fingerprint density at radius 2 is 1.17 bits per heavy atom. The molecule has 5 aromatic carbocycles. The average molecular weight is 579 g/mol. The van der Waals surface area contributed by atoms with Crippen molar-refractivity contribution in [1.29, 1.82) is 0 Å². The monoisotopic (exact) mass is 578 g/mol. The zero-order valence-electron chi connectivity index (χ0n) is 23.8. The van der Waals surface area contributed by atoms with Gasteiger partial charge in [-0.3, -0.25) is 4.98 Å². The van der Waals surface area contributed by atoms with E-state index < -0.39 is 8.07 Å². The van der Waals surface area contributed by atoms with Gasteiger partial charge in [-0.05, 0) is 50.2 Å². The van der Waals surface area contributed by atoms with Crippen LogP contribution in [0.4, 0.5) is 0 Å². The lowest BCUT2D eigenvalue weighted by atomic mass is 9.58. The molecule has 0 saturated heterocycles. The zero-order chi connectivity index (χ0) is 28.6. The number of nitrogens with zero attached hydrogens (tertiary/aromatic N) is 2. The Bertz CT molecular complexity index is 1610. The molecule has 0 aliphatic heterocycles. The van der Waals surface area contributed by atoms with Crippen LogP contribution in [0.1, 0.15) is 22.5 Å². The van der Waals surface area contributed by atoms with Gasteiger partial charge in [0, 0.05) is 18.6 Å². The van der Waals surface area contributed by atoms with Gasteiger partial charge in [0.25, 0.3) is 0 Å². The molecule has 0 radical (unpaired) electrons. The summed E-state index contributed by atoms with van der Waals surface area (Å²) in [6.07, 6.45) is 6.00. The second-order valence-corrected chi connectivity index (χ2v) is 15.2. The standard InChI is InChI=1S/C37H35BN2SSi/c41-27-24-30-14-13-23-35(28-30)42(33-19-9-3-10-20-33,34-21-11-4-12-22-34)29-40-26-25-39-37(40)38-36(31-15-5-1-6-16-31)32-17-7-2-8-18-32/h1-23,25-26,28,36,38,41H,24,27,29H2. The van der Waals surface area contributed by atoms with E-state index in [1.54, 1.807) is 0 Å². The third kappa shape index (κ3) is 5.94. The molecule has 5 heteroatoms. The second-order valence-electron chi connectivity index (χ2n) is 10.9. The quantitative estimate of drug-likeness (QED) is 0.131. The molecule has 0 fully saturated rings. The predicted octanol–water partition coefficient (Wildman–Crippen LogP) is 4.92. The fourth-order valence-corrected chi connectivity index (χ4v) is 11.2. The lowest BCUT2D eigenvalue weighted by molar-refractivity contribution is 0.889. The molecule has 1 heterocycles. The number of benzene rings is 5. The highest BCUT2D eigenvalue weighted by Crippen LogP contribution is 2.23. The van der Waals surface area contributed by atoms with E-state index in [0.29, 0.717) is 0 Å². The molecule has 2 nitrogen and oxygen atoms in total. The van der Waals surface area contributed by atoms with Gasteiger partial charge in [-0.25, -0.2) is 0 Å². The molecule has 0 N–H and O–H groups in total. The Hall–Kier alpha value is -4.06. The van der Waals surface area contributed by atoms with Crippen LogP contribution in [0, 0.1) is 0 Å². The van der Waals surface area contributed by atoms with Crippen LogP contribution in [0.5, 0.6) is 0 Å². The third-order valence-electron chi connectivity index (χ3n) is 8.35. The van der Waals surface area contributed by atoms with E-state index in [1.165, 1.54) is 32.3 Å². The second kappa shape index (κ2) is 13.3. The molecule has 6 rings (SSSR count). The van der Waals surface area contributed by atoms with E-state index >= 15 is 0 Å². The molecule has 0 bridgehead atoms. The first-order valence-corrected chi connectivity index (χ1v) is 17.5. The van der Waals surface area contributed by atoms with Crippen molar-refractivity contribution in [3.63, 3.8) is 0 Å². The molecular formula is C37H35BN2SSi. The highest BCUT2D eigenvalue weighted by molar-refractivity contribution is 7.80. The molecule has 0 aliphatic rings. The van der Waals surface area contributed by atoms with E-state index in [9.17, 15) is 0 Å². The number of rotatable bonds is 11. The van der Waals surface area contributed by atoms with E-state index in [-0.39, 0.29) is 5.82 Å². The first-order chi connectivity index (χ1) is 20.8. The van der Waals surface area contributed by atoms with Crippen LogP contribution >= 0.6 is 12.6 Å². The van der Waals surface area contributed by atoms with E-state index in [1.807, 2.05) is 6.20 Å². The summed E-state index contributed by atoms with van der Waals surface area (Å²) in [6, 6.07) is 53.3. The van der Waals surface area contributed by atoms with Crippen LogP contribution in [0.25, 0.3) is 0 Å². The van der Waals surface area contributed by atoms with Crippen LogP contribution in [-0.2, 0) is 12.6 Å². The molecule has 42 heavy (non-hydrogen) atoms. The van der Waals surface area contributed by atoms with E-state index in [4.69, 9.17) is 4.98 Å². The van der Waals surface area contributed by atoms with Crippen molar-refractivity contribution in [2.24, 2.45) is 0 Å². The first-order valence-electron chi connectivity index (χ1n) is 14.7. The fraction of sp³-hybridized carbons (Fsp3) is 0.108. The van der Waals surface area contributed by atoms with Crippen molar-refractivity contribution in [3.05, 3.63) is 175 Å². The highest BCUT2D eigenvalue weighted by atomic mass is 32.1.